The highest BCUT2D eigenvalue weighted by atomic mass is 32.1. The predicted octanol–water partition coefficient (Wildman–Crippen LogP) is 3.29. The van der Waals surface area contributed by atoms with Gasteiger partial charge < -0.3 is 24.4 Å². The van der Waals surface area contributed by atoms with Gasteiger partial charge in [0.15, 0.2) is 11.6 Å². The highest BCUT2D eigenvalue weighted by Gasteiger charge is 2.21. The minimum absolute atomic E-state index is 0.0375. The fourth-order valence-electron chi connectivity index (χ4n) is 4.11. The number of nitrogens with zero attached hydrogens (tertiary/aromatic N) is 6. The first-order chi connectivity index (χ1) is 18.1. The van der Waals surface area contributed by atoms with Crippen molar-refractivity contribution in [3.63, 3.8) is 0 Å². The third-order valence-corrected chi connectivity index (χ3v) is 7.07. The lowest BCUT2D eigenvalue weighted by Gasteiger charge is -2.28. The van der Waals surface area contributed by atoms with Gasteiger partial charge in [0, 0.05) is 43.0 Å². The molecule has 3 aromatic heterocycles. The fourth-order valence-corrected chi connectivity index (χ4v) is 5.28. The molecule has 0 spiro atoms. The Morgan fingerprint density at radius 1 is 1.19 bits per heavy atom. The van der Waals surface area contributed by atoms with Crippen LogP contribution >= 0.6 is 11.3 Å². The van der Waals surface area contributed by atoms with Gasteiger partial charge in [-0.05, 0) is 24.6 Å². The van der Waals surface area contributed by atoms with E-state index in [0.29, 0.717) is 43.7 Å². The number of aliphatic hydroxyl groups excluding tert-OH is 1. The van der Waals surface area contributed by atoms with E-state index in [9.17, 15) is 9.90 Å². The Morgan fingerprint density at radius 3 is 2.70 bits per heavy atom. The van der Waals surface area contributed by atoms with Crippen LogP contribution in [0, 0.1) is 0 Å². The zero-order valence-electron chi connectivity index (χ0n) is 20.8. The Bertz CT molecular complexity index is 1390. The average molecular weight is 521 g/mol. The second kappa shape index (κ2) is 11.2. The summed E-state index contributed by atoms with van der Waals surface area (Å²) in [5, 5.41) is 9.59. The van der Waals surface area contributed by atoms with Crippen molar-refractivity contribution in [1.29, 1.82) is 0 Å². The van der Waals surface area contributed by atoms with Crippen molar-refractivity contribution in [3.8, 4) is 11.4 Å². The maximum absolute atomic E-state index is 11.9. The van der Waals surface area contributed by atoms with Gasteiger partial charge in [0.2, 0.25) is 5.95 Å². The van der Waals surface area contributed by atoms with E-state index in [1.807, 2.05) is 36.2 Å². The van der Waals surface area contributed by atoms with Gasteiger partial charge in [0.25, 0.3) is 0 Å². The summed E-state index contributed by atoms with van der Waals surface area (Å²) in [5.74, 6) is 1.59. The molecule has 11 heteroatoms. The molecule has 0 unspecified atom stereocenters. The van der Waals surface area contributed by atoms with Gasteiger partial charge in [0.05, 0.1) is 48.8 Å². The minimum atomic E-state index is -0.434. The predicted molar refractivity (Wildman–Crippen MR) is 142 cm³/mol. The van der Waals surface area contributed by atoms with Crippen molar-refractivity contribution in [2.24, 2.45) is 0 Å². The van der Waals surface area contributed by atoms with Crippen molar-refractivity contribution >= 4 is 39.3 Å². The molecular weight excluding hydrogens is 492 g/mol. The van der Waals surface area contributed by atoms with Crippen LogP contribution in [0.4, 0.5) is 11.8 Å². The molecule has 0 radical (unpaired) electrons. The third kappa shape index (κ3) is 5.53. The van der Waals surface area contributed by atoms with Crippen LogP contribution in [0.1, 0.15) is 27.7 Å². The lowest BCUT2D eigenvalue weighted by Crippen LogP contribution is -2.36. The molecule has 1 saturated heterocycles. The molecule has 0 bridgehead atoms. The molecule has 0 saturated carbocycles. The highest BCUT2D eigenvalue weighted by molar-refractivity contribution is 7.19. The van der Waals surface area contributed by atoms with Gasteiger partial charge in [0.1, 0.15) is 0 Å². The molecule has 0 amide bonds. The minimum Gasteiger partial charge on any atom is -0.462 e. The molecule has 1 aliphatic heterocycles. The second-order valence-corrected chi connectivity index (χ2v) is 9.74. The summed E-state index contributed by atoms with van der Waals surface area (Å²) in [6.07, 6.45) is 2.97. The van der Waals surface area contributed by atoms with E-state index < -0.39 is 5.97 Å². The highest BCUT2D eigenvalue weighted by Crippen LogP contribution is 2.35. The number of benzene rings is 1. The average Bonchev–Trinajstić information content (AvgIpc) is 3.35. The van der Waals surface area contributed by atoms with Crippen LogP contribution in [0.5, 0.6) is 0 Å². The number of carbonyl (C=O) groups excluding carboxylic acids is 1. The third-order valence-electron chi connectivity index (χ3n) is 5.97. The molecule has 0 atom stereocenters. The topological polar surface area (TPSA) is 114 Å². The van der Waals surface area contributed by atoms with E-state index in [1.54, 1.807) is 18.3 Å². The van der Waals surface area contributed by atoms with Crippen molar-refractivity contribution in [2.75, 3.05) is 49.8 Å². The van der Waals surface area contributed by atoms with Crippen LogP contribution in [0.25, 0.3) is 21.6 Å². The van der Waals surface area contributed by atoms with E-state index in [-0.39, 0.29) is 6.61 Å². The number of morpholine rings is 1. The van der Waals surface area contributed by atoms with Crippen LogP contribution in [-0.2, 0) is 22.6 Å². The number of hydrogen-bond acceptors (Lipinski definition) is 11. The molecule has 1 aromatic carbocycles. The van der Waals surface area contributed by atoms with Crippen molar-refractivity contribution in [2.45, 2.75) is 20.1 Å². The molecule has 0 aliphatic carbocycles. The molecule has 1 aliphatic rings. The number of thiophene rings is 1. The Labute approximate surface area is 218 Å². The molecule has 4 aromatic rings. The van der Waals surface area contributed by atoms with E-state index in [4.69, 9.17) is 19.4 Å². The first kappa shape index (κ1) is 25.0. The first-order valence-corrected chi connectivity index (χ1v) is 12.9. The molecule has 1 fully saturated rings. The van der Waals surface area contributed by atoms with Gasteiger partial charge >= 0.3 is 5.97 Å². The number of hydrogen-bond donors (Lipinski definition) is 1. The summed E-state index contributed by atoms with van der Waals surface area (Å²) in [7, 11) is 1.91. The Balaban J connectivity index is 1.46. The Hall–Kier alpha value is -3.67. The maximum Gasteiger partial charge on any atom is 0.341 e. The Kier molecular flexibility index (Phi) is 7.54. The maximum atomic E-state index is 11.9. The smallest absolute Gasteiger partial charge is 0.341 e. The van der Waals surface area contributed by atoms with E-state index >= 15 is 0 Å². The SMILES string of the molecule is CCOC(=O)c1cnc(N(C)Cc2cc3nc(-c4cccc(CO)c4)nc(N4CCOCC4)c3s2)nc1. The zero-order valence-corrected chi connectivity index (χ0v) is 21.6. The van der Waals surface area contributed by atoms with E-state index in [1.165, 1.54) is 12.4 Å². The van der Waals surface area contributed by atoms with Crippen LogP contribution in [0.3, 0.4) is 0 Å². The molecule has 192 valence electrons. The number of aromatic nitrogens is 4. The number of esters is 1. The number of anilines is 2. The summed E-state index contributed by atoms with van der Waals surface area (Å²) in [6.45, 7) is 5.42. The van der Waals surface area contributed by atoms with Gasteiger partial charge in [-0.15, -0.1) is 11.3 Å². The lowest BCUT2D eigenvalue weighted by atomic mass is 10.1. The lowest BCUT2D eigenvalue weighted by molar-refractivity contribution is 0.0525. The number of aliphatic hydroxyl groups is 1. The van der Waals surface area contributed by atoms with Gasteiger partial charge in [-0.25, -0.2) is 24.7 Å². The number of carbonyl (C=O) groups is 1. The molecular formula is C26H28N6O4S. The summed E-state index contributed by atoms with van der Waals surface area (Å²) in [5.41, 5.74) is 2.87. The summed E-state index contributed by atoms with van der Waals surface area (Å²) < 4.78 is 11.6. The summed E-state index contributed by atoms with van der Waals surface area (Å²) in [6, 6.07) is 9.74. The van der Waals surface area contributed by atoms with Gasteiger partial charge in [-0.1, -0.05) is 18.2 Å². The van der Waals surface area contributed by atoms with Crippen LogP contribution < -0.4 is 9.80 Å². The van der Waals surface area contributed by atoms with Crippen molar-refractivity contribution in [3.05, 3.63) is 58.7 Å². The summed E-state index contributed by atoms with van der Waals surface area (Å²) in [4.78, 5) is 35.7. The standard InChI is InChI=1S/C26H28N6O4S/c1-3-36-25(34)19-13-27-26(28-14-19)31(2)15-20-12-21-22(37-20)24(32-7-9-35-10-8-32)30-23(29-21)18-6-4-5-17(11-18)16-33/h4-6,11-14,33H,3,7-10,15-16H2,1-2H3. The van der Waals surface area contributed by atoms with Gasteiger partial charge in [-0.2, -0.15) is 0 Å². The molecule has 10 nitrogen and oxygen atoms in total. The monoisotopic (exact) mass is 520 g/mol. The normalized spacial score (nSPS) is 13.6. The first-order valence-electron chi connectivity index (χ1n) is 12.1. The molecule has 1 N–H and O–H groups in total. The Morgan fingerprint density at radius 2 is 1.97 bits per heavy atom. The number of fused-ring (bicyclic) bond motifs is 1. The molecule has 5 rings (SSSR count). The molecule has 37 heavy (non-hydrogen) atoms. The van der Waals surface area contributed by atoms with Crippen molar-refractivity contribution < 1.29 is 19.4 Å². The number of ether oxygens (including phenoxy) is 2. The quantitative estimate of drug-likeness (QED) is 0.347. The number of rotatable bonds is 8. The largest absolute Gasteiger partial charge is 0.462 e. The fraction of sp³-hybridized carbons (Fsp3) is 0.346. The van der Waals surface area contributed by atoms with E-state index in [0.717, 1.165) is 45.1 Å². The van der Waals surface area contributed by atoms with Gasteiger partial charge in [-0.3, -0.25) is 0 Å². The second-order valence-electron chi connectivity index (χ2n) is 8.60. The van der Waals surface area contributed by atoms with Crippen LogP contribution in [0.2, 0.25) is 0 Å². The van der Waals surface area contributed by atoms with Crippen LogP contribution in [0.15, 0.2) is 42.7 Å². The molecule has 4 heterocycles. The zero-order chi connectivity index (χ0) is 25.8. The van der Waals surface area contributed by atoms with E-state index in [2.05, 4.69) is 20.9 Å². The summed E-state index contributed by atoms with van der Waals surface area (Å²) >= 11 is 1.65. The van der Waals surface area contributed by atoms with Crippen LogP contribution in [-0.4, -0.2) is 71.0 Å². The van der Waals surface area contributed by atoms with Crippen molar-refractivity contribution in [1.82, 2.24) is 19.9 Å².